The first kappa shape index (κ1) is 23.8. The summed E-state index contributed by atoms with van der Waals surface area (Å²) in [7, 11) is 1.33. The minimum Gasteiger partial charge on any atom is -0.475 e. The van der Waals surface area contributed by atoms with Crippen LogP contribution in [0, 0.1) is 11.8 Å². The number of benzene rings is 1. The van der Waals surface area contributed by atoms with E-state index in [1.807, 2.05) is 30.3 Å². The number of aliphatic carboxylic acids is 1. The third kappa shape index (κ3) is 7.04. The molecule has 1 aliphatic rings. The molecule has 7 nitrogen and oxygen atoms in total. The van der Waals surface area contributed by atoms with Gasteiger partial charge in [0, 0.05) is 17.5 Å². The fourth-order valence-corrected chi connectivity index (χ4v) is 3.86. The molecule has 28 heavy (non-hydrogen) atoms. The Balaban J connectivity index is 0.000000480. The van der Waals surface area contributed by atoms with Crippen molar-refractivity contribution in [1.82, 2.24) is 0 Å². The molecule has 1 fully saturated rings. The lowest BCUT2D eigenvalue weighted by molar-refractivity contribution is -0.192. The maximum atomic E-state index is 12.3. The normalized spacial score (nSPS) is 21.2. The van der Waals surface area contributed by atoms with Crippen LogP contribution in [0.4, 0.5) is 13.2 Å². The number of alkyl halides is 3. The van der Waals surface area contributed by atoms with Crippen LogP contribution in [0.1, 0.15) is 5.56 Å². The summed E-state index contributed by atoms with van der Waals surface area (Å²) < 4.78 is 41.9. The predicted molar refractivity (Wildman–Crippen MR) is 94.2 cm³/mol. The van der Waals surface area contributed by atoms with Crippen molar-refractivity contribution in [3.05, 3.63) is 35.9 Å². The third-order valence-electron chi connectivity index (χ3n) is 3.80. The number of carboxylic acids is 1. The zero-order chi connectivity index (χ0) is 21.3. The number of thioether (sulfide) groups is 1. The van der Waals surface area contributed by atoms with Gasteiger partial charge in [0.2, 0.25) is 0 Å². The minimum absolute atomic E-state index is 0.0997. The molecule has 0 saturated carbocycles. The largest absolute Gasteiger partial charge is 0.490 e. The van der Waals surface area contributed by atoms with Gasteiger partial charge in [-0.1, -0.05) is 30.3 Å². The van der Waals surface area contributed by atoms with Gasteiger partial charge in [-0.2, -0.15) is 24.9 Å². The van der Waals surface area contributed by atoms with Crippen LogP contribution < -0.4 is 5.73 Å². The summed E-state index contributed by atoms with van der Waals surface area (Å²) >= 11 is 1.53. The molecule has 0 bridgehead atoms. The van der Waals surface area contributed by atoms with E-state index in [0.29, 0.717) is 12.3 Å². The summed E-state index contributed by atoms with van der Waals surface area (Å²) in [5, 5.41) is 7.03. The highest BCUT2D eigenvalue weighted by molar-refractivity contribution is 8.00. The van der Waals surface area contributed by atoms with Crippen molar-refractivity contribution in [3.8, 4) is 0 Å². The summed E-state index contributed by atoms with van der Waals surface area (Å²) in [6.07, 6.45) is -5.08. The summed E-state index contributed by atoms with van der Waals surface area (Å²) in [6, 6.07) is 9.43. The number of halogens is 3. The van der Waals surface area contributed by atoms with Crippen molar-refractivity contribution in [2.75, 3.05) is 19.4 Å². The molecule has 1 heterocycles. The lowest BCUT2D eigenvalue weighted by Crippen LogP contribution is -2.37. The molecule has 11 heteroatoms. The van der Waals surface area contributed by atoms with Gasteiger partial charge in [0.1, 0.15) is 6.61 Å². The van der Waals surface area contributed by atoms with Gasteiger partial charge in [-0.15, -0.1) is 0 Å². The number of hydrogen-bond donors (Lipinski definition) is 2. The van der Waals surface area contributed by atoms with E-state index in [1.165, 1.54) is 18.9 Å². The van der Waals surface area contributed by atoms with Crippen LogP contribution in [0.3, 0.4) is 0 Å². The topological polar surface area (TPSA) is 116 Å². The molecule has 3 atom stereocenters. The van der Waals surface area contributed by atoms with Gasteiger partial charge in [0.05, 0.1) is 18.9 Å². The number of esters is 2. The Morgan fingerprint density at radius 2 is 1.79 bits per heavy atom. The second-order valence-corrected chi connectivity index (χ2v) is 6.93. The molecule has 1 aromatic carbocycles. The van der Waals surface area contributed by atoms with E-state index < -0.39 is 24.0 Å². The highest BCUT2D eigenvalue weighted by atomic mass is 32.2. The Labute approximate surface area is 163 Å². The third-order valence-corrected chi connectivity index (χ3v) is 5.26. The van der Waals surface area contributed by atoms with Crippen LogP contribution >= 0.6 is 11.8 Å². The van der Waals surface area contributed by atoms with Gasteiger partial charge < -0.3 is 20.3 Å². The number of methoxy groups -OCH3 is 1. The monoisotopic (exact) mass is 423 g/mol. The molecule has 0 spiro atoms. The van der Waals surface area contributed by atoms with E-state index in [-0.39, 0.29) is 23.8 Å². The van der Waals surface area contributed by atoms with Crippen molar-refractivity contribution < 1.29 is 42.1 Å². The number of carboxylic acid groups (broad SMARTS) is 1. The number of ether oxygens (including phenoxy) is 2. The van der Waals surface area contributed by atoms with E-state index in [4.69, 9.17) is 25.1 Å². The van der Waals surface area contributed by atoms with E-state index >= 15 is 0 Å². The molecule has 0 aromatic heterocycles. The van der Waals surface area contributed by atoms with Crippen molar-refractivity contribution in [2.45, 2.75) is 18.0 Å². The fraction of sp³-hybridized carbons (Fsp3) is 0.471. The van der Waals surface area contributed by atoms with Gasteiger partial charge in [-0.05, 0) is 5.56 Å². The molecule has 0 amide bonds. The first-order chi connectivity index (χ1) is 13.1. The molecule has 156 valence electrons. The highest BCUT2D eigenvalue weighted by Crippen LogP contribution is 2.38. The Kier molecular flexibility index (Phi) is 9.26. The highest BCUT2D eigenvalue weighted by Gasteiger charge is 2.46. The van der Waals surface area contributed by atoms with Crippen LogP contribution in [-0.4, -0.2) is 53.8 Å². The minimum atomic E-state index is -5.08. The molecule has 2 rings (SSSR count). The maximum absolute atomic E-state index is 12.3. The van der Waals surface area contributed by atoms with E-state index in [2.05, 4.69) is 0 Å². The molecule has 1 aromatic rings. The van der Waals surface area contributed by atoms with Gasteiger partial charge in [0.25, 0.3) is 0 Å². The Morgan fingerprint density at radius 1 is 1.21 bits per heavy atom. The molecule has 0 aliphatic carbocycles. The summed E-state index contributed by atoms with van der Waals surface area (Å²) in [5.74, 6) is -3.98. The second kappa shape index (κ2) is 10.9. The van der Waals surface area contributed by atoms with Crippen molar-refractivity contribution >= 4 is 29.7 Å². The lowest BCUT2D eigenvalue weighted by atomic mass is 9.91. The quantitative estimate of drug-likeness (QED) is 0.690. The molecular weight excluding hydrogens is 403 g/mol. The molecule has 1 aliphatic heterocycles. The van der Waals surface area contributed by atoms with E-state index in [9.17, 15) is 22.8 Å². The molecule has 1 saturated heterocycles. The van der Waals surface area contributed by atoms with Gasteiger partial charge in [-0.25, -0.2) is 4.79 Å². The van der Waals surface area contributed by atoms with Crippen molar-refractivity contribution in [2.24, 2.45) is 17.6 Å². The Hall–Kier alpha value is -2.27. The van der Waals surface area contributed by atoms with Gasteiger partial charge >= 0.3 is 24.1 Å². The summed E-state index contributed by atoms with van der Waals surface area (Å²) in [5.41, 5.74) is 6.60. The second-order valence-electron chi connectivity index (χ2n) is 5.66. The fourth-order valence-electron chi connectivity index (χ4n) is 2.42. The summed E-state index contributed by atoms with van der Waals surface area (Å²) in [4.78, 5) is 33.0. The average molecular weight is 423 g/mol. The van der Waals surface area contributed by atoms with Crippen molar-refractivity contribution in [3.63, 3.8) is 0 Å². The first-order valence-electron chi connectivity index (χ1n) is 8.02. The van der Waals surface area contributed by atoms with Crippen LogP contribution in [-0.2, 0) is 30.5 Å². The maximum Gasteiger partial charge on any atom is 0.490 e. The van der Waals surface area contributed by atoms with Crippen LogP contribution in [0.2, 0.25) is 0 Å². The standard InChI is InChI=1S/C15H19NO4S.C2HF3O2/c1-19-14(17)11-9-21-12(7-16)13(11)15(18)20-8-10-5-3-2-4-6-10;3-2(4,5)1(6)7/h2-6,11-13H,7-9,16H2,1H3;(H,6,7). The van der Waals surface area contributed by atoms with Gasteiger partial charge in [-0.3, -0.25) is 9.59 Å². The molecule has 3 unspecified atom stereocenters. The number of nitrogens with two attached hydrogens (primary N) is 1. The number of carbonyl (C=O) groups excluding carboxylic acids is 2. The predicted octanol–water partition coefficient (Wildman–Crippen LogP) is 1.84. The Bertz CT molecular complexity index is 671. The molecule has 3 N–H and O–H groups in total. The van der Waals surface area contributed by atoms with Crippen LogP contribution in [0.25, 0.3) is 0 Å². The first-order valence-corrected chi connectivity index (χ1v) is 9.06. The SMILES string of the molecule is COC(=O)C1CSC(CN)C1C(=O)OCc1ccccc1.O=C(O)C(F)(F)F. The zero-order valence-electron chi connectivity index (χ0n) is 14.8. The molecule has 0 radical (unpaired) electrons. The van der Waals surface area contributed by atoms with Crippen LogP contribution in [0.15, 0.2) is 30.3 Å². The van der Waals surface area contributed by atoms with E-state index in [0.717, 1.165) is 5.56 Å². The zero-order valence-corrected chi connectivity index (χ0v) is 15.7. The Morgan fingerprint density at radius 3 is 2.25 bits per heavy atom. The average Bonchev–Trinajstić information content (AvgIpc) is 3.10. The smallest absolute Gasteiger partial charge is 0.475 e. The number of hydrogen-bond acceptors (Lipinski definition) is 7. The van der Waals surface area contributed by atoms with Crippen molar-refractivity contribution in [1.29, 1.82) is 0 Å². The summed E-state index contributed by atoms with van der Waals surface area (Å²) in [6.45, 7) is 0.537. The lowest BCUT2D eigenvalue weighted by Gasteiger charge is -2.20. The number of rotatable bonds is 5. The van der Waals surface area contributed by atoms with Gasteiger partial charge in [0.15, 0.2) is 0 Å². The molecular formula is C17H20F3NO6S. The number of carbonyl (C=O) groups is 3. The van der Waals surface area contributed by atoms with E-state index in [1.54, 1.807) is 0 Å². The van der Waals surface area contributed by atoms with Crippen LogP contribution in [0.5, 0.6) is 0 Å².